The molecule has 1 aromatic carbocycles. The van der Waals surface area contributed by atoms with Gasteiger partial charge in [-0.3, -0.25) is 4.79 Å². The number of carboxylic acids is 1. The van der Waals surface area contributed by atoms with Gasteiger partial charge >= 0.3 is 5.97 Å². The first-order valence-electron chi connectivity index (χ1n) is 4.61. The molecule has 86 valence electrons. The zero-order valence-electron chi connectivity index (χ0n) is 8.17. The van der Waals surface area contributed by atoms with Crippen LogP contribution < -0.4 is 5.73 Å². The maximum atomic E-state index is 13.0. The van der Waals surface area contributed by atoms with E-state index in [0.717, 1.165) is 17.8 Å². The SMILES string of the molecule is Nc1cc(SC2(C(=O)O)CC2)c(Cl)cc1F. The number of aliphatic carboxylic acids is 1. The number of benzene rings is 1. The molecule has 0 amide bonds. The van der Waals surface area contributed by atoms with Gasteiger partial charge in [-0.1, -0.05) is 11.6 Å². The Balaban J connectivity index is 2.29. The molecule has 0 aromatic heterocycles. The minimum Gasteiger partial charge on any atom is -0.480 e. The zero-order valence-corrected chi connectivity index (χ0v) is 9.74. The van der Waals surface area contributed by atoms with Crippen LogP contribution in [0, 0.1) is 5.82 Å². The van der Waals surface area contributed by atoms with Crippen LogP contribution in [-0.4, -0.2) is 15.8 Å². The molecule has 0 bridgehead atoms. The van der Waals surface area contributed by atoms with Crippen molar-refractivity contribution in [3.05, 3.63) is 23.0 Å². The molecule has 1 fully saturated rings. The Kier molecular flexibility index (Phi) is 2.75. The molecular formula is C10H9ClFNO2S. The third-order valence-electron chi connectivity index (χ3n) is 2.45. The first-order chi connectivity index (χ1) is 7.44. The van der Waals surface area contributed by atoms with Gasteiger partial charge in [0.2, 0.25) is 0 Å². The van der Waals surface area contributed by atoms with Crippen molar-refractivity contribution in [3.63, 3.8) is 0 Å². The molecule has 16 heavy (non-hydrogen) atoms. The van der Waals surface area contributed by atoms with Crippen molar-refractivity contribution >= 4 is 35.0 Å². The molecule has 6 heteroatoms. The average Bonchev–Trinajstić information content (AvgIpc) is 2.95. The Bertz CT molecular complexity index is 462. The Morgan fingerprint density at radius 2 is 2.19 bits per heavy atom. The van der Waals surface area contributed by atoms with Crippen molar-refractivity contribution < 1.29 is 14.3 Å². The maximum Gasteiger partial charge on any atom is 0.320 e. The van der Waals surface area contributed by atoms with Crippen LogP contribution in [0.2, 0.25) is 5.02 Å². The molecule has 1 saturated carbocycles. The van der Waals surface area contributed by atoms with Crippen LogP contribution in [0.15, 0.2) is 17.0 Å². The molecule has 0 heterocycles. The average molecular weight is 262 g/mol. The number of hydrogen-bond donors (Lipinski definition) is 2. The number of halogens is 2. The predicted octanol–water partition coefficient (Wildman–Crippen LogP) is 2.77. The van der Waals surface area contributed by atoms with Crippen LogP contribution in [0.25, 0.3) is 0 Å². The van der Waals surface area contributed by atoms with Crippen molar-refractivity contribution in [1.82, 2.24) is 0 Å². The number of carbonyl (C=O) groups is 1. The standard InChI is InChI=1S/C10H9ClFNO2S/c11-5-3-6(12)7(13)4-8(5)16-10(1-2-10)9(14)15/h3-4H,1-2,13H2,(H,14,15). The number of nitrogen functional groups attached to an aromatic ring is 1. The summed E-state index contributed by atoms with van der Waals surface area (Å²) in [7, 11) is 0. The van der Waals surface area contributed by atoms with Gasteiger partial charge in [0, 0.05) is 4.90 Å². The van der Waals surface area contributed by atoms with Crippen molar-refractivity contribution in [2.75, 3.05) is 5.73 Å². The van der Waals surface area contributed by atoms with E-state index in [1.54, 1.807) is 0 Å². The lowest BCUT2D eigenvalue weighted by Crippen LogP contribution is -2.17. The number of anilines is 1. The van der Waals surface area contributed by atoms with Gasteiger partial charge in [-0.05, 0) is 25.0 Å². The lowest BCUT2D eigenvalue weighted by molar-refractivity contribution is -0.137. The summed E-state index contributed by atoms with van der Waals surface area (Å²) in [6.45, 7) is 0. The van der Waals surface area contributed by atoms with E-state index in [-0.39, 0.29) is 10.7 Å². The van der Waals surface area contributed by atoms with Gasteiger partial charge in [0.05, 0.1) is 10.7 Å². The van der Waals surface area contributed by atoms with Gasteiger partial charge in [-0.15, -0.1) is 11.8 Å². The fourth-order valence-corrected chi connectivity index (χ4v) is 2.73. The summed E-state index contributed by atoms with van der Waals surface area (Å²) >= 11 is 6.97. The minimum absolute atomic E-state index is 0.0203. The normalized spacial score (nSPS) is 17.1. The Morgan fingerprint density at radius 1 is 1.56 bits per heavy atom. The summed E-state index contributed by atoms with van der Waals surface area (Å²) in [5.74, 6) is -1.45. The molecule has 3 N–H and O–H groups in total. The van der Waals surface area contributed by atoms with E-state index in [2.05, 4.69) is 0 Å². The van der Waals surface area contributed by atoms with E-state index in [0.29, 0.717) is 17.7 Å². The van der Waals surface area contributed by atoms with Crippen LogP contribution in [0.3, 0.4) is 0 Å². The van der Waals surface area contributed by atoms with Crippen LogP contribution in [0.5, 0.6) is 0 Å². The van der Waals surface area contributed by atoms with Crippen LogP contribution in [0.1, 0.15) is 12.8 Å². The number of thioether (sulfide) groups is 1. The zero-order chi connectivity index (χ0) is 11.9. The first kappa shape index (κ1) is 11.5. The van der Waals surface area contributed by atoms with Gasteiger partial charge in [-0.25, -0.2) is 4.39 Å². The molecule has 1 aromatic rings. The predicted molar refractivity (Wildman–Crippen MR) is 61.3 cm³/mol. The van der Waals surface area contributed by atoms with E-state index in [1.165, 1.54) is 6.07 Å². The van der Waals surface area contributed by atoms with Crippen molar-refractivity contribution in [2.24, 2.45) is 0 Å². The third kappa shape index (κ3) is 1.97. The van der Waals surface area contributed by atoms with E-state index >= 15 is 0 Å². The largest absolute Gasteiger partial charge is 0.480 e. The number of carboxylic acid groups (broad SMARTS) is 1. The number of rotatable bonds is 3. The molecule has 2 rings (SSSR count). The first-order valence-corrected chi connectivity index (χ1v) is 5.81. The Labute approximate surface area is 101 Å². The highest BCUT2D eigenvalue weighted by molar-refractivity contribution is 8.01. The summed E-state index contributed by atoms with van der Waals surface area (Å²) < 4.78 is 12.2. The Morgan fingerprint density at radius 3 is 2.69 bits per heavy atom. The van der Waals surface area contributed by atoms with Gasteiger partial charge in [0.25, 0.3) is 0 Å². The number of nitrogens with two attached hydrogens (primary N) is 1. The monoisotopic (exact) mass is 261 g/mol. The molecule has 0 spiro atoms. The molecule has 0 unspecified atom stereocenters. The van der Waals surface area contributed by atoms with Crippen molar-refractivity contribution in [1.29, 1.82) is 0 Å². The van der Waals surface area contributed by atoms with Crippen LogP contribution >= 0.6 is 23.4 Å². The Hall–Kier alpha value is -0.940. The smallest absolute Gasteiger partial charge is 0.320 e. The summed E-state index contributed by atoms with van der Waals surface area (Å²) in [5.41, 5.74) is 5.39. The highest BCUT2D eigenvalue weighted by Gasteiger charge is 2.51. The second-order valence-corrected chi connectivity index (χ2v) is 5.54. The van der Waals surface area contributed by atoms with Crippen LogP contribution in [-0.2, 0) is 4.79 Å². The molecule has 0 aliphatic heterocycles. The van der Waals surface area contributed by atoms with Gasteiger partial charge in [0.1, 0.15) is 10.6 Å². The molecule has 1 aliphatic carbocycles. The molecular weight excluding hydrogens is 253 g/mol. The maximum absolute atomic E-state index is 13.0. The summed E-state index contributed by atoms with van der Waals surface area (Å²) in [6.07, 6.45) is 1.20. The van der Waals surface area contributed by atoms with Crippen molar-refractivity contribution in [3.8, 4) is 0 Å². The molecule has 0 atom stereocenters. The van der Waals surface area contributed by atoms with E-state index < -0.39 is 16.5 Å². The van der Waals surface area contributed by atoms with E-state index in [9.17, 15) is 9.18 Å². The molecule has 3 nitrogen and oxygen atoms in total. The highest BCUT2D eigenvalue weighted by Crippen LogP contribution is 2.53. The topological polar surface area (TPSA) is 63.3 Å². The molecule has 0 saturated heterocycles. The number of hydrogen-bond acceptors (Lipinski definition) is 3. The van der Waals surface area contributed by atoms with E-state index in [4.69, 9.17) is 22.4 Å². The van der Waals surface area contributed by atoms with E-state index in [1.807, 2.05) is 0 Å². The molecule has 0 radical (unpaired) electrons. The highest BCUT2D eigenvalue weighted by atomic mass is 35.5. The fraction of sp³-hybridized carbons (Fsp3) is 0.300. The van der Waals surface area contributed by atoms with Crippen LogP contribution in [0.4, 0.5) is 10.1 Å². The summed E-state index contributed by atoms with van der Waals surface area (Å²) in [6, 6.07) is 2.49. The van der Waals surface area contributed by atoms with Gasteiger partial charge in [-0.2, -0.15) is 0 Å². The third-order valence-corrected chi connectivity index (χ3v) is 4.41. The van der Waals surface area contributed by atoms with Gasteiger partial charge in [0.15, 0.2) is 0 Å². The summed E-state index contributed by atoms with van der Waals surface area (Å²) in [4.78, 5) is 11.5. The quantitative estimate of drug-likeness (QED) is 0.822. The second-order valence-electron chi connectivity index (χ2n) is 3.71. The minimum atomic E-state index is -0.864. The lowest BCUT2D eigenvalue weighted by Gasteiger charge is -2.11. The van der Waals surface area contributed by atoms with Gasteiger partial charge < -0.3 is 10.8 Å². The fourth-order valence-electron chi connectivity index (χ4n) is 1.31. The molecule has 1 aliphatic rings. The van der Waals surface area contributed by atoms with Crippen molar-refractivity contribution in [2.45, 2.75) is 22.5 Å². The summed E-state index contributed by atoms with van der Waals surface area (Å²) in [5, 5.41) is 9.21. The lowest BCUT2D eigenvalue weighted by atomic mass is 10.3. The second kappa shape index (κ2) is 3.82.